The van der Waals surface area contributed by atoms with Gasteiger partial charge in [-0.2, -0.15) is 5.10 Å². The van der Waals surface area contributed by atoms with E-state index >= 15 is 0 Å². The highest BCUT2D eigenvalue weighted by Crippen LogP contribution is 2.28. The Hall–Kier alpha value is -2.05. The van der Waals surface area contributed by atoms with Gasteiger partial charge in [-0.25, -0.2) is 0 Å². The van der Waals surface area contributed by atoms with E-state index < -0.39 is 0 Å². The molecule has 2 atom stereocenters. The maximum Gasteiger partial charge on any atom is 0.225 e. The Labute approximate surface area is 160 Å². The highest BCUT2D eigenvalue weighted by Gasteiger charge is 2.34. The molecule has 7 heteroatoms. The minimum Gasteiger partial charge on any atom is -0.491 e. The van der Waals surface area contributed by atoms with Crippen LogP contribution in [0.1, 0.15) is 30.9 Å². The Bertz CT molecular complexity index is 715. The summed E-state index contributed by atoms with van der Waals surface area (Å²) in [5, 5.41) is 10.6. The molecule has 2 aromatic rings. The van der Waals surface area contributed by atoms with E-state index in [-0.39, 0.29) is 36.3 Å². The molecule has 0 saturated carbocycles. The van der Waals surface area contributed by atoms with Crippen LogP contribution in [0.25, 0.3) is 0 Å². The van der Waals surface area contributed by atoms with Crippen molar-refractivity contribution in [1.82, 2.24) is 20.4 Å². The number of halogens is 1. The summed E-state index contributed by atoms with van der Waals surface area (Å²) in [6.45, 7) is 6.04. The van der Waals surface area contributed by atoms with E-state index in [4.69, 9.17) is 4.74 Å². The molecule has 1 aliphatic heterocycles. The van der Waals surface area contributed by atoms with E-state index in [1.165, 1.54) is 0 Å². The molecule has 0 aliphatic carbocycles. The van der Waals surface area contributed by atoms with Crippen molar-refractivity contribution in [2.75, 3.05) is 13.1 Å². The molecule has 2 N–H and O–H groups in total. The van der Waals surface area contributed by atoms with Crippen LogP contribution in [-0.2, 0) is 18.4 Å². The lowest BCUT2D eigenvalue weighted by atomic mass is 9.90. The van der Waals surface area contributed by atoms with Gasteiger partial charge in [0.05, 0.1) is 18.2 Å². The van der Waals surface area contributed by atoms with Gasteiger partial charge in [-0.3, -0.25) is 9.48 Å². The Balaban J connectivity index is 0.00000243. The van der Waals surface area contributed by atoms with Crippen LogP contribution in [0.3, 0.4) is 0 Å². The zero-order chi connectivity index (χ0) is 17.8. The van der Waals surface area contributed by atoms with Gasteiger partial charge in [0.25, 0.3) is 0 Å². The van der Waals surface area contributed by atoms with Crippen molar-refractivity contribution in [3.8, 4) is 5.75 Å². The number of aryl methyl sites for hydroxylation is 1. The number of carbonyl (C=O) groups excluding carboxylic acids is 1. The van der Waals surface area contributed by atoms with Gasteiger partial charge < -0.3 is 15.4 Å². The summed E-state index contributed by atoms with van der Waals surface area (Å²) in [7, 11) is 1.90. The first-order valence-electron chi connectivity index (χ1n) is 8.75. The lowest BCUT2D eigenvalue weighted by molar-refractivity contribution is -0.125. The molecule has 0 radical (unpaired) electrons. The molecule has 1 amide bonds. The van der Waals surface area contributed by atoms with Crippen LogP contribution < -0.4 is 15.4 Å². The molecule has 2 heterocycles. The molecule has 1 saturated heterocycles. The number of hydrogen-bond donors (Lipinski definition) is 2. The summed E-state index contributed by atoms with van der Waals surface area (Å²) in [5.74, 6) is 1.05. The third kappa shape index (κ3) is 4.99. The fourth-order valence-corrected chi connectivity index (χ4v) is 3.21. The number of amides is 1. The molecule has 26 heavy (non-hydrogen) atoms. The predicted molar refractivity (Wildman–Crippen MR) is 104 cm³/mol. The van der Waals surface area contributed by atoms with Crippen LogP contribution in [0, 0.1) is 5.92 Å². The lowest BCUT2D eigenvalue weighted by Gasteiger charge is -2.17. The second-order valence-corrected chi connectivity index (χ2v) is 6.85. The van der Waals surface area contributed by atoms with Gasteiger partial charge in [-0.05, 0) is 37.1 Å². The average molecular weight is 379 g/mol. The van der Waals surface area contributed by atoms with Crippen molar-refractivity contribution in [3.63, 3.8) is 0 Å². The molecule has 1 aromatic carbocycles. The van der Waals surface area contributed by atoms with Crippen molar-refractivity contribution in [2.24, 2.45) is 13.0 Å². The molecule has 142 valence electrons. The van der Waals surface area contributed by atoms with Gasteiger partial charge in [-0.15, -0.1) is 12.4 Å². The molecular formula is C19H27ClN4O2. The zero-order valence-corrected chi connectivity index (χ0v) is 16.3. The normalized spacial score (nSPS) is 19.2. The SMILES string of the molecule is CC(C)Oc1ccc(CNC(=O)[C@H]2CNC[C@@H]2c2cnn(C)c2)cc1.Cl. The number of ether oxygens (including phenoxy) is 1. The number of benzene rings is 1. The van der Waals surface area contributed by atoms with Crippen molar-refractivity contribution in [3.05, 3.63) is 47.8 Å². The minimum absolute atomic E-state index is 0. The first-order chi connectivity index (χ1) is 12.0. The minimum atomic E-state index is -0.0623. The zero-order valence-electron chi connectivity index (χ0n) is 15.4. The number of carbonyl (C=O) groups is 1. The highest BCUT2D eigenvalue weighted by atomic mass is 35.5. The molecule has 0 bridgehead atoms. The van der Waals surface area contributed by atoms with Gasteiger partial charge in [0, 0.05) is 38.8 Å². The molecule has 0 unspecified atom stereocenters. The lowest BCUT2D eigenvalue weighted by Crippen LogP contribution is -2.33. The summed E-state index contributed by atoms with van der Waals surface area (Å²) >= 11 is 0. The topological polar surface area (TPSA) is 68.2 Å². The summed E-state index contributed by atoms with van der Waals surface area (Å²) < 4.78 is 7.42. The fraction of sp³-hybridized carbons (Fsp3) is 0.474. The van der Waals surface area contributed by atoms with Crippen molar-refractivity contribution in [1.29, 1.82) is 0 Å². The van der Waals surface area contributed by atoms with Gasteiger partial charge in [-0.1, -0.05) is 12.1 Å². The summed E-state index contributed by atoms with van der Waals surface area (Å²) in [6, 6.07) is 7.86. The maximum atomic E-state index is 12.6. The van der Waals surface area contributed by atoms with E-state index in [2.05, 4.69) is 15.7 Å². The van der Waals surface area contributed by atoms with Crippen molar-refractivity contribution in [2.45, 2.75) is 32.4 Å². The summed E-state index contributed by atoms with van der Waals surface area (Å²) in [4.78, 5) is 12.6. The van der Waals surface area contributed by atoms with Gasteiger partial charge in [0.15, 0.2) is 0 Å². The molecule has 3 rings (SSSR count). The number of nitrogens with zero attached hydrogens (tertiary/aromatic N) is 2. The first kappa shape index (κ1) is 20.3. The Kier molecular flexibility index (Phi) is 7.06. The van der Waals surface area contributed by atoms with Crippen LogP contribution in [0.5, 0.6) is 5.75 Å². The molecule has 1 fully saturated rings. The molecular weight excluding hydrogens is 352 g/mol. The third-order valence-electron chi connectivity index (χ3n) is 4.47. The fourth-order valence-electron chi connectivity index (χ4n) is 3.21. The van der Waals surface area contributed by atoms with E-state index in [0.717, 1.165) is 23.4 Å². The van der Waals surface area contributed by atoms with E-state index in [9.17, 15) is 4.79 Å². The number of hydrogen-bond acceptors (Lipinski definition) is 4. The standard InChI is InChI=1S/C19H26N4O2.ClH/c1-13(2)25-16-6-4-14(5-7-16)8-21-19(24)18-11-20-10-17(18)15-9-22-23(3)12-15;/h4-7,9,12-13,17-18,20H,8,10-11H2,1-3H3,(H,21,24);1H/t17-,18+;/m1./s1. The quantitative estimate of drug-likeness (QED) is 0.809. The Morgan fingerprint density at radius 3 is 2.69 bits per heavy atom. The smallest absolute Gasteiger partial charge is 0.225 e. The predicted octanol–water partition coefficient (Wildman–Crippen LogP) is 2.25. The van der Waals surface area contributed by atoms with Crippen molar-refractivity contribution >= 4 is 18.3 Å². The van der Waals surface area contributed by atoms with E-state index in [1.807, 2.05) is 57.6 Å². The van der Waals surface area contributed by atoms with Gasteiger partial charge in [0.1, 0.15) is 5.75 Å². The van der Waals surface area contributed by atoms with Crippen LogP contribution in [0.2, 0.25) is 0 Å². The second kappa shape index (κ2) is 9.05. The third-order valence-corrected chi connectivity index (χ3v) is 4.47. The molecule has 0 spiro atoms. The number of aromatic nitrogens is 2. The first-order valence-corrected chi connectivity index (χ1v) is 8.75. The van der Waals surface area contributed by atoms with Crippen LogP contribution in [0.15, 0.2) is 36.7 Å². The maximum absolute atomic E-state index is 12.6. The summed E-state index contributed by atoms with van der Waals surface area (Å²) in [5.41, 5.74) is 2.18. The van der Waals surface area contributed by atoms with Gasteiger partial charge in [0.2, 0.25) is 5.91 Å². The Morgan fingerprint density at radius 2 is 2.08 bits per heavy atom. The van der Waals surface area contributed by atoms with Crippen LogP contribution >= 0.6 is 12.4 Å². The van der Waals surface area contributed by atoms with E-state index in [0.29, 0.717) is 13.1 Å². The van der Waals surface area contributed by atoms with Gasteiger partial charge >= 0.3 is 0 Å². The van der Waals surface area contributed by atoms with Crippen LogP contribution in [-0.4, -0.2) is 34.9 Å². The monoisotopic (exact) mass is 378 g/mol. The molecule has 6 nitrogen and oxygen atoms in total. The van der Waals surface area contributed by atoms with Crippen LogP contribution in [0.4, 0.5) is 0 Å². The van der Waals surface area contributed by atoms with E-state index in [1.54, 1.807) is 4.68 Å². The summed E-state index contributed by atoms with van der Waals surface area (Å²) in [6.07, 6.45) is 4.00. The number of nitrogens with one attached hydrogen (secondary N) is 2. The molecule has 1 aromatic heterocycles. The van der Waals surface area contributed by atoms with Crippen molar-refractivity contribution < 1.29 is 9.53 Å². The Morgan fingerprint density at radius 1 is 1.35 bits per heavy atom. The second-order valence-electron chi connectivity index (χ2n) is 6.85. The largest absolute Gasteiger partial charge is 0.491 e. The number of rotatable bonds is 6. The average Bonchev–Trinajstić information content (AvgIpc) is 3.22. The molecule has 1 aliphatic rings. The highest BCUT2D eigenvalue weighted by molar-refractivity contribution is 5.85.